The Hall–Kier alpha value is -4.79. The summed E-state index contributed by atoms with van der Waals surface area (Å²) in [5.41, 5.74) is 12.7. The van der Waals surface area contributed by atoms with Crippen LogP contribution in [0.15, 0.2) is 121 Å². The van der Waals surface area contributed by atoms with Gasteiger partial charge in [0, 0.05) is 38.6 Å². The zero-order chi connectivity index (χ0) is 37.0. The van der Waals surface area contributed by atoms with Gasteiger partial charge in [0.25, 0.3) is 0 Å². The third kappa shape index (κ3) is 7.66. The molecule has 5 heteroatoms. The first-order valence-electron chi connectivity index (χ1n) is 18.1. The molecular formula is C48H48N3OPt-. The number of hydrogen-bond donors (Lipinski definition) is 1. The summed E-state index contributed by atoms with van der Waals surface area (Å²) >= 11 is 0. The van der Waals surface area contributed by atoms with Crippen molar-refractivity contribution in [1.29, 1.82) is 0 Å². The Morgan fingerprint density at radius 1 is 0.566 bits per heavy atom. The van der Waals surface area contributed by atoms with Crippen LogP contribution < -0.4 is 0 Å². The minimum absolute atomic E-state index is 0. The van der Waals surface area contributed by atoms with E-state index in [2.05, 4.69) is 134 Å². The number of phenols is 1. The van der Waals surface area contributed by atoms with E-state index in [-0.39, 0.29) is 43.1 Å². The first-order chi connectivity index (χ1) is 24.6. The molecule has 0 aliphatic rings. The predicted octanol–water partition coefficient (Wildman–Crippen LogP) is 12.5. The van der Waals surface area contributed by atoms with Gasteiger partial charge >= 0.3 is 0 Å². The average molecular weight is 878 g/mol. The summed E-state index contributed by atoms with van der Waals surface area (Å²) in [6.45, 7) is 20.2. The van der Waals surface area contributed by atoms with Gasteiger partial charge in [-0.1, -0.05) is 140 Å². The summed E-state index contributed by atoms with van der Waals surface area (Å²) < 4.78 is 2.20. The number of nitrogens with zero attached hydrogens (tertiary/aromatic N) is 3. The Labute approximate surface area is 329 Å². The molecule has 0 bridgehead atoms. The van der Waals surface area contributed by atoms with Crippen LogP contribution in [0.5, 0.6) is 5.75 Å². The number of para-hydroxylation sites is 1. The van der Waals surface area contributed by atoms with Crippen LogP contribution in [0.1, 0.15) is 79.0 Å². The molecule has 0 unspecified atom stereocenters. The Morgan fingerprint density at radius 2 is 1.17 bits per heavy atom. The van der Waals surface area contributed by atoms with Gasteiger partial charge < -0.3 is 5.11 Å². The van der Waals surface area contributed by atoms with Crippen LogP contribution in [-0.2, 0) is 37.3 Å². The Bertz CT molecular complexity index is 2410. The fourth-order valence-corrected chi connectivity index (χ4v) is 6.69. The number of rotatable bonds is 5. The number of aromatic hydroxyl groups is 1. The Morgan fingerprint density at radius 3 is 1.81 bits per heavy atom. The zero-order valence-corrected chi connectivity index (χ0v) is 34.4. The van der Waals surface area contributed by atoms with Crippen LogP contribution in [0, 0.1) is 6.07 Å². The van der Waals surface area contributed by atoms with Gasteiger partial charge in [0.15, 0.2) is 0 Å². The van der Waals surface area contributed by atoms with Crippen molar-refractivity contribution in [3.05, 3.63) is 144 Å². The van der Waals surface area contributed by atoms with Crippen molar-refractivity contribution in [3.8, 4) is 56.3 Å². The predicted molar refractivity (Wildman–Crippen MR) is 217 cm³/mol. The molecule has 2 aromatic heterocycles. The molecule has 4 nitrogen and oxygen atoms in total. The molecule has 0 amide bonds. The molecule has 0 saturated carbocycles. The first kappa shape index (κ1) is 37.9. The third-order valence-corrected chi connectivity index (χ3v) is 9.91. The minimum atomic E-state index is -0.155. The van der Waals surface area contributed by atoms with Crippen LogP contribution in [0.4, 0.5) is 0 Å². The number of phenolic OH excluding ortho intramolecular Hbond substituents is 1. The standard InChI is InChI=1S/C48H48N3O.Pt/c1-46(2,3)35-22-23-49-41(29-35)34-24-33(25-36(26-34)47(4,5)6)39-28-37(48(7,8)9)30-42-44(39)50-45(51(42)38-18-14-11-15-19-38)40-27-32(20-21-43(40)52)31-16-12-10-13-17-31;/h10-23,25-30,52H,1-9H3;/q-1;. The van der Waals surface area contributed by atoms with Crippen LogP contribution in [-0.4, -0.2) is 19.6 Å². The molecule has 0 saturated heterocycles. The van der Waals surface area contributed by atoms with Crippen molar-refractivity contribution in [1.82, 2.24) is 14.5 Å². The summed E-state index contributed by atoms with van der Waals surface area (Å²) in [7, 11) is 0. The molecule has 7 aromatic rings. The minimum Gasteiger partial charge on any atom is -0.507 e. The number of aromatic nitrogens is 3. The summed E-state index contributed by atoms with van der Waals surface area (Å²) in [5, 5.41) is 11.5. The summed E-state index contributed by atoms with van der Waals surface area (Å²) in [5.74, 6) is 0.855. The molecule has 1 N–H and O–H groups in total. The van der Waals surface area contributed by atoms with Crippen molar-refractivity contribution in [2.24, 2.45) is 0 Å². The van der Waals surface area contributed by atoms with E-state index in [4.69, 9.17) is 9.97 Å². The van der Waals surface area contributed by atoms with Crippen LogP contribution >= 0.6 is 0 Å². The summed E-state index contributed by atoms with van der Waals surface area (Å²) in [6, 6.07) is 43.6. The SMILES string of the molecule is CC(C)(C)c1cc(-c2cc(C(C)(C)C)ccn2)[c-]c(-c2cc(C(C)(C)C)cc3c2nc(-c2cc(-c4ccccc4)ccc2O)n3-c2ccccc2)c1.[Pt]. The molecule has 0 fully saturated rings. The number of hydrogen-bond acceptors (Lipinski definition) is 3. The van der Waals surface area contributed by atoms with Gasteiger partial charge in [-0.25, -0.2) is 4.98 Å². The van der Waals surface area contributed by atoms with E-state index in [9.17, 15) is 5.11 Å². The van der Waals surface area contributed by atoms with Gasteiger partial charge in [-0.05, 0) is 74.9 Å². The van der Waals surface area contributed by atoms with Crippen molar-refractivity contribution >= 4 is 11.0 Å². The van der Waals surface area contributed by atoms with Crippen LogP contribution in [0.3, 0.4) is 0 Å². The molecule has 0 atom stereocenters. The fraction of sp³-hybridized carbons (Fsp3) is 0.250. The van der Waals surface area contributed by atoms with Gasteiger partial charge in [-0.3, -0.25) is 9.55 Å². The Kier molecular flexibility index (Phi) is 10.2. The van der Waals surface area contributed by atoms with Crippen LogP contribution in [0.25, 0.3) is 61.6 Å². The molecule has 0 radical (unpaired) electrons. The monoisotopic (exact) mass is 877 g/mol. The van der Waals surface area contributed by atoms with Gasteiger partial charge in [0.1, 0.15) is 11.6 Å². The smallest absolute Gasteiger partial charge is 0.148 e. The van der Waals surface area contributed by atoms with Gasteiger partial charge in [-0.2, -0.15) is 0 Å². The van der Waals surface area contributed by atoms with E-state index in [0.29, 0.717) is 11.4 Å². The molecule has 7 rings (SSSR count). The maximum absolute atomic E-state index is 11.5. The summed E-state index contributed by atoms with van der Waals surface area (Å²) in [6.07, 6.45) is 1.91. The maximum atomic E-state index is 11.5. The number of benzene rings is 5. The normalized spacial score (nSPS) is 12.2. The molecule has 0 aliphatic heterocycles. The third-order valence-electron chi connectivity index (χ3n) is 9.91. The van der Waals surface area contributed by atoms with Gasteiger partial charge in [-0.15, -0.1) is 29.3 Å². The van der Waals surface area contributed by atoms with E-state index in [1.54, 1.807) is 6.07 Å². The first-order valence-corrected chi connectivity index (χ1v) is 18.1. The largest absolute Gasteiger partial charge is 0.507 e. The number of fused-ring (bicyclic) bond motifs is 1. The van der Waals surface area contributed by atoms with Gasteiger partial charge in [0.2, 0.25) is 0 Å². The molecule has 272 valence electrons. The molecule has 53 heavy (non-hydrogen) atoms. The zero-order valence-electron chi connectivity index (χ0n) is 32.2. The molecule has 5 aromatic carbocycles. The van der Waals surface area contributed by atoms with E-state index < -0.39 is 0 Å². The summed E-state index contributed by atoms with van der Waals surface area (Å²) in [4.78, 5) is 10.3. The second-order valence-corrected chi connectivity index (χ2v) is 17.0. The number of imidazole rings is 1. The van der Waals surface area contributed by atoms with Crippen LogP contribution in [0.2, 0.25) is 0 Å². The van der Waals surface area contributed by atoms with Crippen molar-refractivity contribution in [2.45, 2.75) is 78.6 Å². The van der Waals surface area contributed by atoms with E-state index >= 15 is 0 Å². The molecular weight excluding hydrogens is 830 g/mol. The van der Waals surface area contributed by atoms with Gasteiger partial charge in [0.05, 0.1) is 16.6 Å². The quantitative estimate of drug-likeness (QED) is 0.175. The second-order valence-electron chi connectivity index (χ2n) is 17.0. The topological polar surface area (TPSA) is 50.9 Å². The van der Waals surface area contributed by atoms with Crippen molar-refractivity contribution < 1.29 is 26.2 Å². The van der Waals surface area contributed by atoms with Crippen molar-refractivity contribution in [2.75, 3.05) is 0 Å². The molecule has 0 aliphatic carbocycles. The average Bonchev–Trinajstić information content (AvgIpc) is 3.50. The second kappa shape index (κ2) is 14.2. The Balaban J connectivity index is 0.00000481. The van der Waals surface area contributed by atoms with E-state index in [1.165, 1.54) is 16.7 Å². The molecule has 2 heterocycles. The maximum Gasteiger partial charge on any atom is 0.148 e. The fourth-order valence-electron chi connectivity index (χ4n) is 6.69. The number of pyridine rings is 1. The van der Waals surface area contributed by atoms with E-state index in [0.717, 1.165) is 50.2 Å². The van der Waals surface area contributed by atoms with E-state index in [1.807, 2.05) is 54.7 Å². The van der Waals surface area contributed by atoms with Crippen molar-refractivity contribution in [3.63, 3.8) is 0 Å². The molecule has 0 spiro atoms.